The molecule has 2 amide bonds. The van der Waals surface area contributed by atoms with Gasteiger partial charge in [0.05, 0.1) is 18.6 Å². The summed E-state index contributed by atoms with van der Waals surface area (Å²) in [7, 11) is 1.55. The van der Waals surface area contributed by atoms with Gasteiger partial charge in [-0.2, -0.15) is 4.99 Å². The zero-order valence-corrected chi connectivity index (χ0v) is 16.8. The van der Waals surface area contributed by atoms with Gasteiger partial charge in [0.25, 0.3) is 11.8 Å². The first-order valence-electron chi connectivity index (χ1n) is 8.40. The predicted molar refractivity (Wildman–Crippen MR) is 111 cm³/mol. The van der Waals surface area contributed by atoms with Crippen molar-refractivity contribution in [3.05, 3.63) is 63.5 Å². The van der Waals surface area contributed by atoms with Crippen molar-refractivity contribution in [2.75, 3.05) is 13.7 Å². The molecule has 0 aromatic heterocycles. The van der Waals surface area contributed by atoms with E-state index in [9.17, 15) is 9.59 Å². The number of hydrogen-bond acceptors (Lipinski definition) is 5. The van der Waals surface area contributed by atoms with Gasteiger partial charge in [-0.1, -0.05) is 17.7 Å². The van der Waals surface area contributed by atoms with Crippen LogP contribution < -0.4 is 14.8 Å². The minimum Gasteiger partial charge on any atom is -0.493 e. The second kappa shape index (κ2) is 8.95. The minimum atomic E-state index is -0.455. The Morgan fingerprint density at radius 3 is 2.64 bits per heavy atom. The largest absolute Gasteiger partial charge is 0.493 e. The number of nitrogens with zero attached hydrogens (tertiary/aromatic N) is 1. The van der Waals surface area contributed by atoms with Crippen molar-refractivity contribution in [2.24, 2.45) is 4.99 Å². The summed E-state index contributed by atoms with van der Waals surface area (Å²) in [5, 5.41) is 3.36. The zero-order valence-electron chi connectivity index (χ0n) is 15.2. The number of amidine groups is 1. The number of hydrogen-bond donors (Lipinski definition) is 1. The van der Waals surface area contributed by atoms with Crippen molar-refractivity contribution in [1.29, 1.82) is 0 Å². The molecule has 0 aliphatic carbocycles. The fraction of sp³-hybridized carbons (Fsp3) is 0.150. The van der Waals surface area contributed by atoms with Gasteiger partial charge in [0.2, 0.25) is 0 Å². The molecule has 8 heteroatoms. The van der Waals surface area contributed by atoms with Crippen LogP contribution in [0.2, 0.25) is 5.02 Å². The number of thioether (sulfide) groups is 1. The lowest BCUT2D eigenvalue weighted by Crippen LogP contribution is -2.20. The Balaban J connectivity index is 1.78. The molecule has 144 valence electrons. The second-order valence-electron chi connectivity index (χ2n) is 5.64. The number of amides is 2. The summed E-state index contributed by atoms with van der Waals surface area (Å²) in [5.74, 6) is 0.432. The Kier molecular flexibility index (Phi) is 6.38. The Morgan fingerprint density at radius 2 is 1.96 bits per heavy atom. The molecular weight excluding hydrogens is 400 g/mol. The van der Waals surface area contributed by atoms with Crippen molar-refractivity contribution in [2.45, 2.75) is 6.92 Å². The number of aliphatic imine (C=N–C) groups is 1. The van der Waals surface area contributed by atoms with Crippen LogP contribution in [-0.2, 0) is 4.79 Å². The molecule has 1 aliphatic rings. The van der Waals surface area contributed by atoms with Gasteiger partial charge in [0.1, 0.15) is 0 Å². The summed E-state index contributed by atoms with van der Waals surface area (Å²) in [6.07, 6.45) is 1.70. The highest BCUT2D eigenvalue weighted by atomic mass is 35.5. The van der Waals surface area contributed by atoms with Gasteiger partial charge in [-0.25, -0.2) is 0 Å². The van der Waals surface area contributed by atoms with Crippen LogP contribution in [0.3, 0.4) is 0 Å². The highest BCUT2D eigenvalue weighted by Crippen LogP contribution is 2.31. The molecule has 1 fully saturated rings. The molecule has 0 saturated carbocycles. The molecule has 1 heterocycles. The van der Waals surface area contributed by atoms with Gasteiger partial charge < -0.3 is 14.8 Å². The molecule has 6 nitrogen and oxygen atoms in total. The molecule has 2 aromatic carbocycles. The number of carbonyl (C=O) groups excluding carboxylic acids is 2. The van der Waals surface area contributed by atoms with Crippen molar-refractivity contribution in [3.8, 4) is 11.5 Å². The number of rotatable bonds is 5. The van der Waals surface area contributed by atoms with Crippen LogP contribution in [0.1, 0.15) is 22.8 Å². The monoisotopic (exact) mass is 416 g/mol. The molecule has 0 atom stereocenters. The highest BCUT2D eigenvalue weighted by molar-refractivity contribution is 8.18. The molecule has 1 aliphatic heterocycles. The van der Waals surface area contributed by atoms with E-state index in [2.05, 4.69) is 10.3 Å². The van der Waals surface area contributed by atoms with E-state index in [1.807, 2.05) is 13.0 Å². The number of benzene rings is 2. The van der Waals surface area contributed by atoms with Crippen LogP contribution >= 0.6 is 23.4 Å². The van der Waals surface area contributed by atoms with Gasteiger partial charge in [-0.15, -0.1) is 0 Å². The van der Waals surface area contributed by atoms with Crippen LogP contribution in [0.5, 0.6) is 11.5 Å². The van der Waals surface area contributed by atoms with E-state index in [0.29, 0.717) is 33.6 Å². The van der Waals surface area contributed by atoms with Gasteiger partial charge in [0, 0.05) is 10.6 Å². The Labute approximate surface area is 171 Å². The first-order valence-corrected chi connectivity index (χ1v) is 9.60. The molecule has 0 unspecified atom stereocenters. The van der Waals surface area contributed by atoms with Gasteiger partial charge in [0.15, 0.2) is 16.7 Å². The standard InChI is InChI=1S/C20H17ClN2O4S/c1-3-27-15-9-4-12(10-16(15)26-2)11-17-19(25)23-20(28-17)22-18(24)13-5-7-14(21)8-6-13/h4-11H,3H2,1-2H3,(H,22,23,24,25)/b17-11-. The highest BCUT2D eigenvalue weighted by Gasteiger charge is 2.25. The van der Waals surface area contributed by atoms with Crippen LogP contribution in [0.4, 0.5) is 0 Å². The summed E-state index contributed by atoms with van der Waals surface area (Å²) in [5.41, 5.74) is 1.16. The lowest BCUT2D eigenvalue weighted by atomic mass is 10.2. The zero-order chi connectivity index (χ0) is 20.1. The topological polar surface area (TPSA) is 77.0 Å². The number of methoxy groups -OCH3 is 1. The number of carbonyl (C=O) groups is 2. The van der Waals surface area contributed by atoms with E-state index in [-0.39, 0.29) is 11.1 Å². The van der Waals surface area contributed by atoms with E-state index in [4.69, 9.17) is 21.1 Å². The van der Waals surface area contributed by atoms with E-state index in [1.165, 1.54) is 0 Å². The quantitative estimate of drug-likeness (QED) is 0.741. The van der Waals surface area contributed by atoms with Crippen LogP contribution in [0.15, 0.2) is 52.4 Å². The third-order valence-corrected chi connectivity index (χ3v) is 4.89. The average Bonchev–Trinajstić information content (AvgIpc) is 3.02. The van der Waals surface area contributed by atoms with Gasteiger partial charge in [-0.3, -0.25) is 9.59 Å². The maximum atomic E-state index is 12.2. The van der Waals surface area contributed by atoms with Crippen molar-refractivity contribution >= 4 is 46.4 Å². The molecule has 1 saturated heterocycles. The van der Waals surface area contributed by atoms with Crippen molar-refractivity contribution < 1.29 is 19.1 Å². The van der Waals surface area contributed by atoms with Crippen molar-refractivity contribution in [1.82, 2.24) is 5.32 Å². The molecule has 1 N–H and O–H groups in total. The van der Waals surface area contributed by atoms with E-state index in [1.54, 1.807) is 49.6 Å². The number of halogens is 1. The summed E-state index contributed by atoms with van der Waals surface area (Å²) < 4.78 is 10.8. The van der Waals surface area contributed by atoms with Crippen LogP contribution in [0.25, 0.3) is 6.08 Å². The molecule has 0 bridgehead atoms. The van der Waals surface area contributed by atoms with Gasteiger partial charge in [-0.05, 0) is 66.7 Å². The first kappa shape index (κ1) is 20.0. The number of nitrogens with one attached hydrogen (secondary N) is 1. The molecule has 0 radical (unpaired) electrons. The normalized spacial score (nSPS) is 16.3. The van der Waals surface area contributed by atoms with Crippen LogP contribution in [0, 0.1) is 0 Å². The number of ether oxygens (including phenoxy) is 2. The molecule has 3 rings (SSSR count). The van der Waals surface area contributed by atoms with E-state index in [0.717, 1.165) is 17.3 Å². The summed E-state index contributed by atoms with van der Waals surface area (Å²) in [6.45, 7) is 2.41. The third-order valence-electron chi connectivity index (χ3n) is 3.73. The lowest BCUT2D eigenvalue weighted by molar-refractivity contribution is -0.115. The fourth-order valence-electron chi connectivity index (χ4n) is 2.43. The summed E-state index contributed by atoms with van der Waals surface area (Å²) >= 11 is 6.92. The molecule has 2 aromatic rings. The first-order chi connectivity index (χ1) is 13.5. The summed E-state index contributed by atoms with van der Waals surface area (Å²) in [4.78, 5) is 28.8. The lowest BCUT2D eigenvalue weighted by Gasteiger charge is -2.09. The maximum absolute atomic E-state index is 12.2. The Hall–Kier alpha value is -2.77. The van der Waals surface area contributed by atoms with E-state index >= 15 is 0 Å². The molecule has 0 spiro atoms. The third kappa shape index (κ3) is 4.74. The van der Waals surface area contributed by atoms with Crippen LogP contribution in [-0.4, -0.2) is 30.7 Å². The van der Waals surface area contributed by atoms with Crippen molar-refractivity contribution in [3.63, 3.8) is 0 Å². The van der Waals surface area contributed by atoms with Gasteiger partial charge >= 0.3 is 0 Å². The Bertz CT molecular complexity index is 971. The average molecular weight is 417 g/mol. The Morgan fingerprint density at radius 1 is 1.21 bits per heavy atom. The smallest absolute Gasteiger partial charge is 0.279 e. The fourth-order valence-corrected chi connectivity index (χ4v) is 3.38. The van der Waals surface area contributed by atoms with E-state index < -0.39 is 5.91 Å². The molecule has 28 heavy (non-hydrogen) atoms. The molecular formula is C20H17ClN2O4S. The SMILES string of the molecule is CCOc1ccc(/C=C2\SC(=NC(=O)c3ccc(Cl)cc3)NC2=O)cc1OC. The maximum Gasteiger partial charge on any atom is 0.279 e. The predicted octanol–water partition coefficient (Wildman–Crippen LogP) is 4.15. The second-order valence-corrected chi connectivity index (χ2v) is 7.10. The summed E-state index contributed by atoms with van der Waals surface area (Å²) in [6, 6.07) is 11.8. The minimum absolute atomic E-state index is 0.231.